The number of nitrogens with zero attached hydrogens (tertiary/aromatic N) is 1. The summed E-state index contributed by atoms with van der Waals surface area (Å²) in [5.41, 5.74) is 3.53. The van der Waals surface area contributed by atoms with Crippen LogP contribution in [0.4, 0.5) is 0 Å². The molecule has 1 amide bonds. The minimum absolute atomic E-state index is 0.124. The van der Waals surface area contributed by atoms with E-state index in [0.717, 1.165) is 30.2 Å². The van der Waals surface area contributed by atoms with Gasteiger partial charge in [0.05, 0.1) is 18.4 Å². The van der Waals surface area contributed by atoms with Gasteiger partial charge in [0, 0.05) is 16.5 Å². The molecular formula is C26H33BrN2O4. The third kappa shape index (κ3) is 10.2. The maximum absolute atomic E-state index is 12.6. The lowest BCUT2D eigenvalue weighted by Crippen LogP contribution is -2.17. The molecule has 0 aliphatic carbocycles. The highest BCUT2D eigenvalue weighted by Gasteiger charge is 2.12. The number of rotatable bonds is 14. The van der Waals surface area contributed by atoms with Crippen LogP contribution in [0.15, 0.2) is 52.0 Å². The van der Waals surface area contributed by atoms with Gasteiger partial charge in [-0.25, -0.2) is 10.2 Å². The Hall–Kier alpha value is -2.67. The topological polar surface area (TPSA) is 77.0 Å². The van der Waals surface area contributed by atoms with E-state index in [1.54, 1.807) is 42.5 Å². The van der Waals surface area contributed by atoms with E-state index in [9.17, 15) is 9.59 Å². The van der Waals surface area contributed by atoms with Crippen LogP contribution < -0.4 is 14.9 Å². The van der Waals surface area contributed by atoms with E-state index in [2.05, 4.69) is 33.4 Å². The average Bonchev–Trinajstić information content (AvgIpc) is 2.82. The Morgan fingerprint density at radius 2 is 1.70 bits per heavy atom. The number of hydrogen-bond donors (Lipinski definition) is 1. The van der Waals surface area contributed by atoms with E-state index in [4.69, 9.17) is 9.47 Å². The first kappa shape index (κ1) is 26.6. The summed E-state index contributed by atoms with van der Waals surface area (Å²) in [6, 6.07) is 12.1. The summed E-state index contributed by atoms with van der Waals surface area (Å²) in [6.07, 6.45) is 9.58. The molecule has 0 spiro atoms. The Morgan fingerprint density at radius 1 is 0.970 bits per heavy atom. The highest BCUT2D eigenvalue weighted by atomic mass is 79.9. The second-order valence-electron chi connectivity index (χ2n) is 7.76. The van der Waals surface area contributed by atoms with E-state index < -0.39 is 5.97 Å². The van der Waals surface area contributed by atoms with Gasteiger partial charge in [-0.1, -0.05) is 61.9 Å². The summed E-state index contributed by atoms with van der Waals surface area (Å²) in [5, 5.41) is 4.04. The minimum atomic E-state index is -0.485. The standard InChI is InChI=1S/C26H33BrN2O4/c1-3-5-6-7-8-9-10-25(30)29-28-19-21-18-22(27)13-16-24(21)33-26(31)20-11-14-23(15-12-20)32-17-4-2/h11-16,18-19H,3-10,17H2,1-2H3,(H,29,30). The lowest BCUT2D eigenvalue weighted by molar-refractivity contribution is -0.121. The molecule has 33 heavy (non-hydrogen) atoms. The zero-order valence-electron chi connectivity index (χ0n) is 19.4. The smallest absolute Gasteiger partial charge is 0.343 e. The zero-order chi connectivity index (χ0) is 23.9. The van der Waals surface area contributed by atoms with Crippen molar-refractivity contribution in [1.29, 1.82) is 0 Å². The number of benzene rings is 2. The van der Waals surface area contributed by atoms with Crippen LogP contribution in [0.5, 0.6) is 11.5 Å². The zero-order valence-corrected chi connectivity index (χ0v) is 21.0. The molecule has 0 radical (unpaired) electrons. The summed E-state index contributed by atoms with van der Waals surface area (Å²) in [6.45, 7) is 4.84. The van der Waals surface area contributed by atoms with Crippen LogP contribution in [0.2, 0.25) is 0 Å². The summed E-state index contributed by atoms with van der Waals surface area (Å²) in [5.74, 6) is 0.451. The molecule has 2 aromatic carbocycles. The van der Waals surface area contributed by atoms with Crippen molar-refractivity contribution in [3.8, 4) is 11.5 Å². The highest BCUT2D eigenvalue weighted by molar-refractivity contribution is 9.10. The van der Waals surface area contributed by atoms with Crippen molar-refractivity contribution in [2.45, 2.75) is 65.2 Å². The van der Waals surface area contributed by atoms with Crippen LogP contribution >= 0.6 is 15.9 Å². The van der Waals surface area contributed by atoms with Crippen LogP contribution in [-0.4, -0.2) is 24.7 Å². The van der Waals surface area contributed by atoms with Crippen molar-refractivity contribution in [1.82, 2.24) is 5.43 Å². The molecule has 2 rings (SSSR count). The SMILES string of the molecule is CCCCCCCCC(=O)NN=Cc1cc(Br)ccc1OC(=O)c1ccc(OCCC)cc1. The molecule has 6 nitrogen and oxygen atoms in total. The molecule has 0 saturated heterocycles. The number of halogens is 1. The van der Waals surface area contributed by atoms with Gasteiger partial charge in [0.25, 0.3) is 0 Å². The van der Waals surface area contributed by atoms with E-state index >= 15 is 0 Å². The van der Waals surface area contributed by atoms with Crippen molar-refractivity contribution in [3.05, 3.63) is 58.1 Å². The van der Waals surface area contributed by atoms with E-state index in [-0.39, 0.29) is 5.91 Å². The van der Waals surface area contributed by atoms with Crippen LogP contribution in [0.3, 0.4) is 0 Å². The van der Waals surface area contributed by atoms with E-state index in [1.807, 2.05) is 6.92 Å². The van der Waals surface area contributed by atoms with Gasteiger partial charge in [-0.3, -0.25) is 4.79 Å². The molecular weight excluding hydrogens is 484 g/mol. The quantitative estimate of drug-likeness (QED) is 0.100. The molecule has 0 aromatic heterocycles. The fraction of sp³-hybridized carbons (Fsp3) is 0.423. The number of amides is 1. The van der Waals surface area contributed by atoms with Crippen LogP contribution in [0.25, 0.3) is 0 Å². The molecule has 7 heteroatoms. The first-order valence-corrected chi connectivity index (χ1v) is 12.4. The Balaban J connectivity index is 1.91. The Morgan fingerprint density at radius 3 is 2.42 bits per heavy atom. The van der Waals surface area contributed by atoms with Crippen molar-refractivity contribution in [2.24, 2.45) is 5.10 Å². The number of carbonyl (C=O) groups is 2. The van der Waals surface area contributed by atoms with Crippen LogP contribution in [-0.2, 0) is 4.79 Å². The van der Waals surface area contributed by atoms with E-state index in [0.29, 0.717) is 35.7 Å². The number of carbonyl (C=O) groups excluding carboxylic acids is 2. The van der Waals surface area contributed by atoms with Gasteiger partial charge in [0.2, 0.25) is 5.91 Å². The number of esters is 1. The first-order chi connectivity index (χ1) is 16.0. The van der Waals surface area contributed by atoms with Crippen molar-refractivity contribution in [3.63, 3.8) is 0 Å². The molecule has 0 heterocycles. The molecule has 0 fully saturated rings. The monoisotopic (exact) mass is 516 g/mol. The Kier molecular flexibility index (Phi) is 12.3. The lowest BCUT2D eigenvalue weighted by atomic mass is 10.1. The normalized spacial score (nSPS) is 10.9. The average molecular weight is 517 g/mol. The van der Waals surface area contributed by atoms with Crippen LogP contribution in [0, 0.1) is 0 Å². The molecule has 2 aromatic rings. The maximum Gasteiger partial charge on any atom is 0.343 e. The maximum atomic E-state index is 12.6. The van der Waals surface area contributed by atoms with Gasteiger partial charge in [-0.15, -0.1) is 0 Å². The van der Waals surface area contributed by atoms with Gasteiger partial charge < -0.3 is 9.47 Å². The van der Waals surface area contributed by atoms with Gasteiger partial charge in [-0.05, 0) is 55.3 Å². The number of hydrazone groups is 1. The van der Waals surface area contributed by atoms with Crippen molar-refractivity contribution < 1.29 is 19.1 Å². The number of hydrogen-bond acceptors (Lipinski definition) is 5. The second kappa shape index (κ2) is 15.2. The van der Waals surface area contributed by atoms with Gasteiger partial charge in [0.15, 0.2) is 0 Å². The largest absolute Gasteiger partial charge is 0.494 e. The molecule has 1 N–H and O–H groups in total. The third-order valence-corrected chi connectivity index (χ3v) is 5.38. The third-order valence-electron chi connectivity index (χ3n) is 4.89. The van der Waals surface area contributed by atoms with E-state index in [1.165, 1.54) is 25.5 Å². The minimum Gasteiger partial charge on any atom is -0.494 e. The Labute approximate surface area is 204 Å². The number of unbranched alkanes of at least 4 members (excludes halogenated alkanes) is 5. The highest BCUT2D eigenvalue weighted by Crippen LogP contribution is 2.23. The lowest BCUT2D eigenvalue weighted by Gasteiger charge is -2.09. The van der Waals surface area contributed by atoms with Crippen molar-refractivity contribution in [2.75, 3.05) is 6.61 Å². The van der Waals surface area contributed by atoms with Gasteiger partial charge >= 0.3 is 5.97 Å². The predicted molar refractivity (Wildman–Crippen MR) is 135 cm³/mol. The molecule has 0 aliphatic rings. The second-order valence-corrected chi connectivity index (χ2v) is 8.67. The fourth-order valence-electron chi connectivity index (χ4n) is 3.07. The number of nitrogens with one attached hydrogen (secondary N) is 1. The summed E-state index contributed by atoms with van der Waals surface area (Å²) in [4.78, 5) is 24.6. The molecule has 0 saturated carbocycles. The number of ether oxygens (including phenoxy) is 2. The van der Waals surface area contributed by atoms with Crippen LogP contribution in [0.1, 0.15) is 81.1 Å². The summed E-state index contributed by atoms with van der Waals surface area (Å²) < 4.78 is 11.9. The first-order valence-electron chi connectivity index (χ1n) is 11.6. The molecule has 0 aliphatic heterocycles. The van der Waals surface area contributed by atoms with Crippen molar-refractivity contribution >= 4 is 34.0 Å². The summed E-state index contributed by atoms with van der Waals surface area (Å²) in [7, 11) is 0. The summed E-state index contributed by atoms with van der Waals surface area (Å²) >= 11 is 3.41. The molecule has 0 atom stereocenters. The molecule has 178 valence electrons. The van der Waals surface area contributed by atoms with Gasteiger partial charge in [0.1, 0.15) is 11.5 Å². The molecule has 0 bridgehead atoms. The predicted octanol–water partition coefficient (Wildman–Crippen LogP) is 6.66. The fourth-order valence-corrected chi connectivity index (χ4v) is 3.45. The Bertz CT molecular complexity index is 913. The van der Waals surface area contributed by atoms with Gasteiger partial charge in [-0.2, -0.15) is 5.10 Å². The molecule has 0 unspecified atom stereocenters.